The fourth-order valence-electron chi connectivity index (χ4n) is 1.88. The number of halogens is 1. The van der Waals surface area contributed by atoms with Crippen molar-refractivity contribution in [1.29, 1.82) is 5.26 Å². The Morgan fingerprint density at radius 1 is 1.42 bits per heavy atom. The molecule has 0 radical (unpaired) electrons. The van der Waals surface area contributed by atoms with Crippen molar-refractivity contribution >= 4 is 0 Å². The average molecular weight is 264 g/mol. The number of ether oxygens (including phenoxy) is 1. The minimum absolute atomic E-state index is 0.167. The maximum Gasteiger partial charge on any atom is 0.165 e. The molecule has 0 unspecified atom stereocenters. The summed E-state index contributed by atoms with van der Waals surface area (Å²) in [4.78, 5) is 0. The minimum atomic E-state index is -0.336. The molecule has 0 aliphatic carbocycles. The molecular formula is C15H21FN2O. The summed E-state index contributed by atoms with van der Waals surface area (Å²) < 4.78 is 18.6. The van der Waals surface area contributed by atoms with Crippen LogP contribution in [0.15, 0.2) is 18.2 Å². The van der Waals surface area contributed by atoms with Crippen LogP contribution in [0.5, 0.6) is 5.75 Å². The molecule has 0 aliphatic heterocycles. The molecule has 0 heterocycles. The molecule has 0 spiro atoms. The Morgan fingerprint density at radius 3 is 2.74 bits per heavy atom. The molecule has 104 valence electrons. The zero-order chi connectivity index (χ0) is 14.3. The van der Waals surface area contributed by atoms with Gasteiger partial charge >= 0.3 is 0 Å². The van der Waals surface area contributed by atoms with Crippen LogP contribution in [0.1, 0.15) is 32.3 Å². The van der Waals surface area contributed by atoms with E-state index in [1.165, 1.54) is 13.2 Å². The molecule has 3 nitrogen and oxygen atoms in total. The van der Waals surface area contributed by atoms with E-state index >= 15 is 0 Å². The minimum Gasteiger partial charge on any atom is -0.494 e. The quantitative estimate of drug-likeness (QED) is 0.770. The summed E-state index contributed by atoms with van der Waals surface area (Å²) in [6, 6.07) is 7.18. The Bertz CT molecular complexity index is 452. The van der Waals surface area contributed by atoms with Crippen molar-refractivity contribution in [2.75, 3.05) is 20.2 Å². The van der Waals surface area contributed by atoms with Crippen molar-refractivity contribution < 1.29 is 9.13 Å². The van der Waals surface area contributed by atoms with Gasteiger partial charge < -0.3 is 10.1 Å². The lowest BCUT2D eigenvalue weighted by Gasteiger charge is -2.26. The van der Waals surface area contributed by atoms with Crippen LogP contribution in [0, 0.1) is 17.1 Å². The van der Waals surface area contributed by atoms with E-state index in [9.17, 15) is 4.39 Å². The Balaban J connectivity index is 2.61. The lowest BCUT2D eigenvalue weighted by molar-refractivity contribution is 0.384. The number of hydrogen-bond donors (Lipinski definition) is 1. The summed E-state index contributed by atoms with van der Waals surface area (Å²) in [5, 5.41) is 11.8. The monoisotopic (exact) mass is 264 g/mol. The standard InChI is InChI=1S/C15H21FN2O/c1-15(2,11-18-9-5-4-8-17)12-6-7-14(19-3)13(16)10-12/h6-7,10,18H,4-5,9,11H2,1-3H3. The first kappa shape index (κ1) is 15.5. The smallest absolute Gasteiger partial charge is 0.165 e. The Morgan fingerprint density at radius 2 is 2.16 bits per heavy atom. The Hall–Kier alpha value is -1.60. The van der Waals surface area contributed by atoms with E-state index in [1.807, 2.05) is 6.07 Å². The van der Waals surface area contributed by atoms with Crippen molar-refractivity contribution in [3.63, 3.8) is 0 Å². The lowest BCUT2D eigenvalue weighted by atomic mass is 9.84. The van der Waals surface area contributed by atoms with Gasteiger partial charge in [-0.1, -0.05) is 19.9 Å². The molecule has 0 amide bonds. The van der Waals surface area contributed by atoms with Crippen LogP contribution in [0.25, 0.3) is 0 Å². The summed E-state index contributed by atoms with van der Waals surface area (Å²) in [6.07, 6.45) is 1.40. The van der Waals surface area contributed by atoms with Gasteiger partial charge in [0.1, 0.15) is 0 Å². The molecule has 1 aromatic carbocycles. The summed E-state index contributed by atoms with van der Waals surface area (Å²) in [7, 11) is 1.46. The third kappa shape index (κ3) is 4.53. The van der Waals surface area contributed by atoms with E-state index in [0.29, 0.717) is 6.42 Å². The van der Waals surface area contributed by atoms with E-state index < -0.39 is 0 Å². The van der Waals surface area contributed by atoms with Gasteiger partial charge in [-0.3, -0.25) is 0 Å². The number of nitrogens with zero attached hydrogens (tertiary/aromatic N) is 1. The molecule has 0 aromatic heterocycles. The van der Waals surface area contributed by atoms with Crippen molar-refractivity contribution in [3.05, 3.63) is 29.6 Å². The highest BCUT2D eigenvalue weighted by Crippen LogP contribution is 2.27. The highest BCUT2D eigenvalue weighted by molar-refractivity contribution is 5.33. The SMILES string of the molecule is COc1ccc(C(C)(C)CNCCCC#N)cc1F. The van der Waals surface area contributed by atoms with E-state index in [4.69, 9.17) is 10.00 Å². The van der Waals surface area contributed by atoms with Gasteiger partial charge in [0, 0.05) is 18.4 Å². The number of unbranched alkanes of at least 4 members (excludes halogenated alkanes) is 1. The first-order valence-electron chi connectivity index (χ1n) is 6.43. The normalized spacial score (nSPS) is 11.1. The topological polar surface area (TPSA) is 45.0 Å². The number of methoxy groups -OCH3 is 1. The first-order valence-corrected chi connectivity index (χ1v) is 6.43. The predicted molar refractivity (Wildman–Crippen MR) is 73.7 cm³/mol. The fraction of sp³-hybridized carbons (Fsp3) is 0.533. The van der Waals surface area contributed by atoms with E-state index in [-0.39, 0.29) is 17.0 Å². The van der Waals surface area contributed by atoms with Crippen LogP contribution in [0.3, 0.4) is 0 Å². The van der Waals surface area contributed by atoms with Gasteiger partial charge in [-0.05, 0) is 30.7 Å². The highest BCUT2D eigenvalue weighted by Gasteiger charge is 2.21. The van der Waals surface area contributed by atoms with Crippen molar-refractivity contribution in [1.82, 2.24) is 5.32 Å². The third-order valence-corrected chi connectivity index (χ3v) is 3.14. The largest absolute Gasteiger partial charge is 0.494 e. The average Bonchev–Trinajstić information content (AvgIpc) is 2.38. The zero-order valence-corrected chi connectivity index (χ0v) is 11.8. The van der Waals surface area contributed by atoms with Crippen LogP contribution >= 0.6 is 0 Å². The number of benzene rings is 1. The van der Waals surface area contributed by atoms with Crippen LogP contribution < -0.4 is 10.1 Å². The lowest BCUT2D eigenvalue weighted by Crippen LogP contribution is -2.33. The zero-order valence-electron chi connectivity index (χ0n) is 11.8. The predicted octanol–water partition coefficient (Wildman–Crippen LogP) is 3.01. The molecule has 1 rings (SSSR count). The number of nitrogens with one attached hydrogen (secondary N) is 1. The Kier molecular flexibility index (Phi) is 5.78. The molecule has 0 atom stereocenters. The van der Waals surface area contributed by atoms with Crippen molar-refractivity contribution in [2.45, 2.75) is 32.1 Å². The Labute approximate surface area is 114 Å². The van der Waals surface area contributed by atoms with Crippen LogP contribution in [0.4, 0.5) is 4.39 Å². The number of hydrogen-bond acceptors (Lipinski definition) is 3. The second-order valence-electron chi connectivity index (χ2n) is 5.17. The summed E-state index contributed by atoms with van der Waals surface area (Å²) >= 11 is 0. The molecule has 19 heavy (non-hydrogen) atoms. The van der Waals surface area contributed by atoms with Crippen LogP contribution in [0.2, 0.25) is 0 Å². The highest BCUT2D eigenvalue weighted by atomic mass is 19.1. The molecule has 0 saturated heterocycles. The van der Waals surface area contributed by atoms with Crippen molar-refractivity contribution in [3.8, 4) is 11.8 Å². The van der Waals surface area contributed by atoms with E-state index in [2.05, 4.69) is 25.2 Å². The second kappa shape index (κ2) is 7.10. The molecule has 4 heteroatoms. The van der Waals surface area contributed by atoms with Crippen LogP contribution in [-0.4, -0.2) is 20.2 Å². The molecular weight excluding hydrogens is 243 g/mol. The van der Waals surface area contributed by atoms with Gasteiger partial charge in [-0.15, -0.1) is 0 Å². The van der Waals surface area contributed by atoms with E-state index in [0.717, 1.165) is 25.1 Å². The van der Waals surface area contributed by atoms with Gasteiger partial charge in [0.15, 0.2) is 11.6 Å². The summed E-state index contributed by atoms with van der Waals surface area (Å²) in [6.45, 7) is 5.66. The second-order valence-corrected chi connectivity index (χ2v) is 5.17. The van der Waals surface area contributed by atoms with Gasteiger partial charge in [0.25, 0.3) is 0 Å². The molecule has 0 saturated carbocycles. The van der Waals surface area contributed by atoms with Crippen LogP contribution in [-0.2, 0) is 5.41 Å². The van der Waals surface area contributed by atoms with Gasteiger partial charge in [-0.25, -0.2) is 4.39 Å². The van der Waals surface area contributed by atoms with Gasteiger partial charge in [-0.2, -0.15) is 5.26 Å². The third-order valence-electron chi connectivity index (χ3n) is 3.14. The maximum atomic E-state index is 13.7. The van der Waals surface area contributed by atoms with Crippen molar-refractivity contribution in [2.24, 2.45) is 0 Å². The molecule has 0 fully saturated rings. The molecule has 1 N–H and O–H groups in total. The summed E-state index contributed by atoms with van der Waals surface area (Å²) in [5.74, 6) is -0.0703. The molecule has 1 aromatic rings. The first-order chi connectivity index (χ1) is 9.01. The molecule has 0 aliphatic rings. The number of rotatable bonds is 7. The van der Waals surface area contributed by atoms with Gasteiger partial charge in [0.05, 0.1) is 13.2 Å². The molecule has 0 bridgehead atoms. The fourth-order valence-corrected chi connectivity index (χ4v) is 1.88. The van der Waals surface area contributed by atoms with E-state index in [1.54, 1.807) is 6.07 Å². The van der Waals surface area contributed by atoms with Gasteiger partial charge in [0.2, 0.25) is 0 Å². The maximum absolute atomic E-state index is 13.7. The summed E-state index contributed by atoms with van der Waals surface area (Å²) in [5.41, 5.74) is 0.762. The number of nitriles is 1.